The van der Waals surface area contributed by atoms with Crippen LogP contribution in [0.15, 0.2) is 24.3 Å². The molecule has 3 amide bonds. The van der Waals surface area contributed by atoms with Crippen molar-refractivity contribution in [1.82, 2.24) is 5.32 Å². The van der Waals surface area contributed by atoms with Crippen LogP contribution in [0.2, 0.25) is 0 Å². The zero-order chi connectivity index (χ0) is 14.5. The number of urea groups is 1. The number of primary amides is 1. The average Bonchev–Trinajstić information content (AvgIpc) is 2.38. The van der Waals surface area contributed by atoms with Gasteiger partial charge in [0.15, 0.2) is 0 Å². The van der Waals surface area contributed by atoms with Gasteiger partial charge >= 0.3 is 6.03 Å². The van der Waals surface area contributed by atoms with Crippen molar-refractivity contribution in [3.8, 4) is 0 Å². The molecule has 5 N–H and O–H groups in total. The van der Waals surface area contributed by atoms with Crippen LogP contribution in [-0.2, 0) is 0 Å². The molecule has 6 heteroatoms. The smallest absolute Gasteiger partial charge is 0.316 e. The van der Waals surface area contributed by atoms with Gasteiger partial charge in [-0.1, -0.05) is 6.92 Å². The van der Waals surface area contributed by atoms with Crippen LogP contribution in [0.5, 0.6) is 0 Å². The molecular formula is C13H19N3O3. The predicted octanol–water partition coefficient (Wildman–Crippen LogP) is 1.07. The minimum Gasteiger partial charge on any atom is -0.394 e. The summed E-state index contributed by atoms with van der Waals surface area (Å²) in [6.45, 7) is 3.53. The number of rotatable bonds is 5. The number of aliphatic hydroxyl groups is 1. The van der Waals surface area contributed by atoms with Gasteiger partial charge in [0.05, 0.1) is 12.1 Å². The summed E-state index contributed by atoms with van der Waals surface area (Å²) < 4.78 is 0. The molecule has 1 aromatic carbocycles. The number of nitrogens with two attached hydrogens (primary N) is 1. The van der Waals surface area contributed by atoms with Crippen molar-refractivity contribution in [2.45, 2.75) is 25.8 Å². The Balaban J connectivity index is 2.75. The molecule has 0 bridgehead atoms. The van der Waals surface area contributed by atoms with E-state index in [0.717, 1.165) is 0 Å². The molecule has 1 unspecified atom stereocenters. The maximum atomic E-state index is 12.0. The fraction of sp³-hybridized carbons (Fsp3) is 0.385. The molecular weight excluding hydrogens is 246 g/mol. The number of nitrogens with one attached hydrogen (secondary N) is 2. The summed E-state index contributed by atoms with van der Waals surface area (Å²) in [6.07, 6.45) is 0.622. The van der Waals surface area contributed by atoms with Gasteiger partial charge in [-0.15, -0.1) is 0 Å². The highest BCUT2D eigenvalue weighted by Gasteiger charge is 2.23. The lowest BCUT2D eigenvalue weighted by molar-refractivity contribution is 0.0847. The van der Waals surface area contributed by atoms with E-state index in [-0.39, 0.29) is 12.5 Å². The SMILES string of the molecule is CCC(C)(CO)NC(=O)c1ccc(NC(N)=O)cc1. The molecule has 1 aromatic rings. The maximum absolute atomic E-state index is 12.0. The number of aliphatic hydroxyl groups excluding tert-OH is 1. The van der Waals surface area contributed by atoms with Gasteiger partial charge in [0.25, 0.3) is 5.91 Å². The third-order valence-corrected chi connectivity index (χ3v) is 2.96. The molecule has 0 aliphatic heterocycles. The topological polar surface area (TPSA) is 104 Å². The molecule has 0 aromatic heterocycles. The molecule has 0 saturated heterocycles. The minimum absolute atomic E-state index is 0.128. The summed E-state index contributed by atoms with van der Waals surface area (Å²) in [6, 6.07) is 5.67. The summed E-state index contributed by atoms with van der Waals surface area (Å²) >= 11 is 0. The third-order valence-electron chi connectivity index (χ3n) is 2.96. The first-order chi connectivity index (χ1) is 8.90. The first-order valence-corrected chi connectivity index (χ1v) is 6.00. The summed E-state index contributed by atoms with van der Waals surface area (Å²) in [5.41, 5.74) is 5.31. The number of amides is 3. The highest BCUT2D eigenvalue weighted by Crippen LogP contribution is 2.12. The minimum atomic E-state index is -0.656. The van der Waals surface area contributed by atoms with Crippen LogP contribution in [-0.4, -0.2) is 29.2 Å². The van der Waals surface area contributed by atoms with Gasteiger partial charge in [0.2, 0.25) is 0 Å². The fourth-order valence-corrected chi connectivity index (χ4v) is 1.43. The van der Waals surface area contributed by atoms with Gasteiger partial charge in [-0.2, -0.15) is 0 Å². The molecule has 104 valence electrons. The first kappa shape index (κ1) is 15.0. The van der Waals surface area contributed by atoms with Gasteiger partial charge in [-0.05, 0) is 37.6 Å². The predicted molar refractivity (Wildman–Crippen MR) is 72.9 cm³/mol. The molecule has 1 rings (SSSR count). The van der Waals surface area contributed by atoms with E-state index in [9.17, 15) is 14.7 Å². The van der Waals surface area contributed by atoms with Crippen molar-refractivity contribution in [1.29, 1.82) is 0 Å². The van der Waals surface area contributed by atoms with Gasteiger partial charge in [0, 0.05) is 11.3 Å². The fourth-order valence-electron chi connectivity index (χ4n) is 1.43. The van der Waals surface area contributed by atoms with Crippen LogP contribution < -0.4 is 16.4 Å². The van der Waals surface area contributed by atoms with Crippen LogP contribution in [0.1, 0.15) is 30.6 Å². The van der Waals surface area contributed by atoms with E-state index < -0.39 is 11.6 Å². The Morgan fingerprint density at radius 1 is 1.32 bits per heavy atom. The molecule has 1 atom stereocenters. The van der Waals surface area contributed by atoms with E-state index in [4.69, 9.17) is 5.73 Å². The molecule has 0 fully saturated rings. The van der Waals surface area contributed by atoms with E-state index in [1.54, 1.807) is 31.2 Å². The highest BCUT2D eigenvalue weighted by atomic mass is 16.3. The molecule has 6 nitrogen and oxygen atoms in total. The molecule has 0 aliphatic rings. The van der Waals surface area contributed by atoms with Crippen LogP contribution in [0.3, 0.4) is 0 Å². The Morgan fingerprint density at radius 2 is 1.89 bits per heavy atom. The van der Waals surface area contributed by atoms with Crippen LogP contribution >= 0.6 is 0 Å². The quantitative estimate of drug-likeness (QED) is 0.640. The van der Waals surface area contributed by atoms with Crippen molar-refractivity contribution < 1.29 is 14.7 Å². The Hall–Kier alpha value is -2.08. The summed E-state index contributed by atoms with van der Waals surface area (Å²) in [5.74, 6) is -0.274. The van der Waals surface area contributed by atoms with E-state index in [2.05, 4.69) is 10.6 Å². The van der Waals surface area contributed by atoms with E-state index >= 15 is 0 Å². The number of carbonyl (C=O) groups excluding carboxylic acids is 2. The largest absolute Gasteiger partial charge is 0.394 e. The van der Waals surface area contributed by atoms with Gasteiger partial charge in [0.1, 0.15) is 0 Å². The Morgan fingerprint density at radius 3 is 2.32 bits per heavy atom. The number of carbonyl (C=O) groups is 2. The standard InChI is InChI=1S/C13H19N3O3/c1-3-13(2,8-17)16-11(18)9-4-6-10(7-5-9)15-12(14)19/h4-7,17H,3,8H2,1-2H3,(H,16,18)(H3,14,15,19). The van der Waals surface area contributed by atoms with Crippen LogP contribution in [0.25, 0.3) is 0 Å². The van der Waals surface area contributed by atoms with Gasteiger partial charge in [-0.3, -0.25) is 4.79 Å². The highest BCUT2D eigenvalue weighted by molar-refractivity contribution is 5.95. The van der Waals surface area contributed by atoms with Crippen molar-refractivity contribution in [3.63, 3.8) is 0 Å². The lowest BCUT2D eigenvalue weighted by atomic mass is 9.99. The molecule has 0 radical (unpaired) electrons. The zero-order valence-electron chi connectivity index (χ0n) is 11.1. The lowest BCUT2D eigenvalue weighted by Crippen LogP contribution is -2.48. The Bertz CT molecular complexity index is 453. The summed E-state index contributed by atoms with van der Waals surface area (Å²) in [4.78, 5) is 22.6. The molecule has 19 heavy (non-hydrogen) atoms. The monoisotopic (exact) mass is 265 g/mol. The van der Waals surface area contributed by atoms with Crippen molar-refractivity contribution in [3.05, 3.63) is 29.8 Å². The van der Waals surface area contributed by atoms with Gasteiger partial charge in [-0.25, -0.2) is 4.79 Å². The summed E-state index contributed by atoms with van der Waals surface area (Å²) in [7, 11) is 0. The second-order valence-electron chi connectivity index (χ2n) is 4.59. The lowest BCUT2D eigenvalue weighted by Gasteiger charge is -2.27. The molecule has 0 heterocycles. The molecule has 0 spiro atoms. The van der Waals surface area contributed by atoms with Crippen LogP contribution in [0.4, 0.5) is 10.5 Å². The zero-order valence-corrected chi connectivity index (χ0v) is 11.1. The van der Waals surface area contributed by atoms with Crippen molar-refractivity contribution in [2.24, 2.45) is 5.73 Å². The van der Waals surface area contributed by atoms with Crippen molar-refractivity contribution in [2.75, 3.05) is 11.9 Å². The maximum Gasteiger partial charge on any atom is 0.316 e. The number of hydrogen-bond donors (Lipinski definition) is 4. The molecule has 0 aliphatic carbocycles. The normalized spacial score (nSPS) is 13.4. The number of benzene rings is 1. The number of anilines is 1. The first-order valence-electron chi connectivity index (χ1n) is 6.00. The Kier molecular flexibility index (Phi) is 4.88. The summed E-state index contributed by atoms with van der Waals surface area (Å²) in [5, 5.41) is 14.4. The van der Waals surface area contributed by atoms with Crippen LogP contribution in [0, 0.1) is 0 Å². The third kappa shape index (κ3) is 4.26. The molecule has 0 saturated carbocycles. The van der Waals surface area contributed by atoms with E-state index in [1.807, 2.05) is 6.92 Å². The second-order valence-corrected chi connectivity index (χ2v) is 4.59. The average molecular weight is 265 g/mol. The second kappa shape index (κ2) is 6.19. The van der Waals surface area contributed by atoms with E-state index in [1.165, 1.54) is 0 Å². The van der Waals surface area contributed by atoms with Crippen molar-refractivity contribution >= 4 is 17.6 Å². The number of hydrogen-bond acceptors (Lipinski definition) is 3. The van der Waals surface area contributed by atoms with E-state index in [0.29, 0.717) is 17.7 Å². The Labute approximate surface area is 112 Å². The van der Waals surface area contributed by atoms with Gasteiger partial charge < -0.3 is 21.5 Å².